The fourth-order valence-electron chi connectivity index (χ4n) is 5.99. The van der Waals surface area contributed by atoms with E-state index in [1.54, 1.807) is 12.1 Å². The number of benzene rings is 2. The lowest BCUT2D eigenvalue weighted by Gasteiger charge is -2.30. The summed E-state index contributed by atoms with van der Waals surface area (Å²) >= 11 is 0. The monoisotopic (exact) mass is 466 g/mol. The molecule has 0 bridgehead atoms. The van der Waals surface area contributed by atoms with Crippen LogP contribution >= 0.6 is 0 Å². The van der Waals surface area contributed by atoms with Gasteiger partial charge in [-0.2, -0.15) is 0 Å². The zero-order valence-electron chi connectivity index (χ0n) is 20.8. The van der Waals surface area contributed by atoms with Crippen LogP contribution in [0.15, 0.2) is 43.0 Å². The molecular weight excluding hydrogens is 426 g/mol. The van der Waals surface area contributed by atoms with E-state index >= 15 is 8.78 Å². The molecule has 1 atom stereocenters. The summed E-state index contributed by atoms with van der Waals surface area (Å²) < 4.78 is 36.4. The number of halogens is 2. The van der Waals surface area contributed by atoms with Gasteiger partial charge in [-0.25, -0.2) is 8.78 Å². The van der Waals surface area contributed by atoms with Crippen LogP contribution in [-0.2, 0) is 12.8 Å². The number of ether oxygens (including phenoxy) is 1. The predicted molar refractivity (Wildman–Crippen MR) is 137 cm³/mol. The second-order valence-corrected chi connectivity index (χ2v) is 10.4. The summed E-state index contributed by atoms with van der Waals surface area (Å²) in [6.07, 6.45) is 14.4. The van der Waals surface area contributed by atoms with Gasteiger partial charge in [-0.15, -0.1) is 6.58 Å². The van der Waals surface area contributed by atoms with E-state index in [4.69, 9.17) is 4.74 Å². The Morgan fingerprint density at radius 3 is 2.41 bits per heavy atom. The average molecular weight is 467 g/mol. The Morgan fingerprint density at radius 2 is 1.71 bits per heavy atom. The first-order valence-corrected chi connectivity index (χ1v) is 13.4. The van der Waals surface area contributed by atoms with Gasteiger partial charge in [-0.05, 0) is 116 Å². The van der Waals surface area contributed by atoms with Crippen LogP contribution in [0.1, 0.15) is 105 Å². The zero-order valence-corrected chi connectivity index (χ0v) is 20.8. The van der Waals surface area contributed by atoms with Crippen molar-refractivity contribution < 1.29 is 13.5 Å². The molecule has 1 unspecified atom stereocenters. The molecule has 1 nitrogen and oxygen atoms in total. The number of hydrogen-bond donors (Lipinski definition) is 0. The Labute approximate surface area is 204 Å². The molecule has 3 heteroatoms. The van der Waals surface area contributed by atoms with Crippen LogP contribution in [0, 0.1) is 17.6 Å². The lowest BCUT2D eigenvalue weighted by Crippen LogP contribution is -2.17. The Bertz CT molecular complexity index is 935. The van der Waals surface area contributed by atoms with Crippen LogP contribution in [0.4, 0.5) is 8.78 Å². The molecule has 0 spiro atoms. The second kappa shape index (κ2) is 12.0. The largest absolute Gasteiger partial charge is 0.494 e. The van der Waals surface area contributed by atoms with Crippen molar-refractivity contribution in [3.05, 3.63) is 76.9 Å². The summed E-state index contributed by atoms with van der Waals surface area (Å²) in [7, 11) is 0. The first-order valence-electron chi connectivity index (χ1n) is 13.4. The molecule has 0 heterocycles. The van der Waals surface area contributed by atoms with E-state index in [1.807, 2.05) is 12.1 Å². The third-order valence-electron chi connectivity index (χ3n) is 8.02. The molecule has 0 N–H and O–H groups in total. The SMILES string of the molecule is C=CCCCOc1ccc2c(c1)CCC(c1c(F)cc(C3CCC(CCCC)CC3)cc1F)C2. The third-order valence-corrected chi connectivity index (χ3v) is 8.02. The Kier molecular flexibility index (Phi) is 8.80. The van der Waals surface area contributed by atoms with Crippen molar-refractivity contribution in [2.24, 2.45) is 5.92 Å². The summed E-state index contributed by atoms with van der Waals surface area (Å²) in [6, 6.07) is 9.45. The van der Waals surface area contributed by atoms with E-state index in [9.17, 15) is 0 Å². The minimum atomic E-state index is -0.348. The van der Waals surface area contributed by atoms with Crippen LogP contribution in [0.5, 0.6) is 5.75 Å². The van der Waals surface area contributed by atoms with Gasteiger partial charge in [-0.3, -0.25) is 0 Å². The maximum absolute atomic E-state index is 15.3. The lowest BCUT2D eigenvalue weighted by molar-refractivity contribution is 0.303. The highest BCUT2D eigenvalue weighted by Gasteiger charge is 2.28. The van der Waals surface area contributed by atoms with E-state index in [2.05, 4.69) is 25.6 Å². The molecule has 2 aromatic carbocycles. The molecule has 1 saturated carbocycles. The van der Waals surface area contributed by atoms with Crippen molar-refractivity contribution >= 4 is 0 Å². The van der Waals surface area contributed by atoms with Gasteiger partial charge < -0.3 is 4.74 Å². The van der Waals surface area contributed by atoms with Crippen molar-refractivity contribution in [3.63, 3.8) is 0 Å². The number of fused-ring (bicyclic) bond motifs is 1. The van der Waals surface area contributed by atoms with E-state index in [-0.39, 0.29) is 23.1 Å². The van der Waals surface area contributed by atoms with Gasteiger partial charge in [0.25, 0.3) is 0 Å². The van der Waals surface area contributed by atoms with Gasteiger partial charge >= 0.3 is 0 Å². The molecule has 4 rings (SSSR count). The van der Waals surface area contributed by atoms with Crippen LogP contribution in [0.3, 0.4) is 0 Å². The van der Waals surface area contributed by atoms with Crippen LogP contribution in [0.25, 0.3) is 0 Å². The van der Waals surface area contributed by atoms with Crippen LogP contribution < -0.4 is 4.74 Å². The molecular formula is C31H40F2O. The summed E-state index contributed by atoms with van der Waals surface area (Å²) in [6.45, 7) is 6.65. The van der Waals surface area contributed by atoms with E-state index in [0.29, 0.717) is 18.9 Å². The maximum Gasteiger partial charge on any atom is 0.129 e. The predicted octanol–water partition coefficient (Wildman–Crippen LogP) is 9.05. The Morgan fingerprint density at radius 1 is 0.941 bits per heavy atom. The molecule has 2 aliphatic carbocycles. The van der Waals surface area contributed by atoms with Gasteiger partial charge in [0, 0.05) is 5.56 Å². The van der Waals surface area contributed by atoms with Gasteiger partial charge in [0.15, 0.2) is 0 Å². The molecule has 2 aromatic rings. The quantitative estimate of drug-likeness (QED) is 0.251. The smallest absolute Gasteiger partial charge is 0.129 e. The van der Waals surface area contributed by atoms with Crippen LogP contribution in [0.2, 0.25) is 0 Å². The van der Waals surface area contributed by atoms with Gasteiger partial charge in [-0.1, -0.05) is 38.3 Å². The maximum atomic E-state index is 15.3. The van der Waals surface area contributed by atoms with E-state index in [0.717, 1.165) is 55.8 Å². The highest BCUT2D eigenvalue weighted by molar-refractivity contribution is 5.41. The number of allylic oxidation sites excluding steroid dienone is 1. The molecule has 0 aliphatic heterocycles. The summed E-state index contributed by atoms with van der Waals surface area (Å²) in [5.74, 6) is 1.17. The van der Waals surface area contributed by atoms with Crippen molar-refractivity contribution in [1.82, 2.24) is 0 Å². The Balaban J connectivity index is 1.40. The first kappa shape index (κ1) is 24.9. The summed E-state index contributed by atoms with van der Waals surface area (Å²) in [5.41, 5.74) is 3.58. The fourth-order valence-corrected chi connectivity index (χ4v) is 5.99. The van der Waals surface area contributed by atoms with Crippen molar-refractivity contribution in [1.29, 1.82) is 0 Å². The minimum Gasteiger partial charge on any atom is -0.494 e. The topological polar surface area (TPSA) is 9.23 Å². The number of rotatable bonds is 10. The molecule has 1 fully saturated rings. The molecule has 34 heavy (non-hydrogen) atoms. The highest BCUT2D eigenvalue weighted by Crippen LogP contribution is 2.41. The van der Waals surface area contributed by atoms with Crippen molar-refractivity contribution in [2.45, 2.75) is 95.8 Å². The standard InChI is InChI=1S/C31H40F2O/c1-3-5-7-17-34-28-16-15-24-18-26(14-13-25(24)19-28)31-29(32)20-27(21-30(31)33)23-11-9-22(10-12-23)8-6-4-2/h3,15-16,19-23,26H,1,4-14,17-18H2,2H3. The van der Waals surface area contributed by atoms with Gasteiger partial charge in [0.2, 0.25) is 0 Å². The van der Waals surface area contributed by atoms with E-state index < -0.39 is 0 Å². The van der Waals surface area contributed by atoms with Crippen molar-refractivity contribution in [3.8, 4) is 5.75 Å². The zero-order chi connectivity index (χ0) is 23.9. The van der Waals surface area contributed by atoms with Gasteiger partial charge in [0.1, 0.15) is 17.4 Å². The Hall–Kier alpha value is -2.16. The highest BCUT2D eigenvalue weighted by atomic mass is 19.1. The lowest BCUT2D eigenvalue weighted by atomic mass is 9.76. The number of unbranched alkanes of at least 4 members (excludes halogenated alkanes) is 2. The van der Waals surface area contributed by atoms with Gasteiger partial charge in [0.05, 0.1) is 6.61 Å². The van der Waals surface area contributed by atoms with Crippen LogP contribution in [-0.4, -0.2) is 6.61 Å². The molecule has 2 aliphatic rings. The molecule has 0 amide bonds. The second-order valence-electron chi connectivity index (χ2n) is 10.4. The molecule has 0 aromatic heterocycles. The number of aryl methyl sites for hydroxylation is 1. The fraction of sp³-hybridized carbons (Fsp3) is 0.548. The van der Waals surface area contributed by atoms with Crippen molar-refractivity contribution in [2.75, 3.05) is 6.61 Å². The minimum absolute atomic E-state index is 0.106. The molecule has 184 valence electrons. The van der Waals surface area contributed by atoms with E-state index in [1.165, 1.54) is 43.2 Å². The molecule has 0 saturated heterocycles. The first-order chi connectivity index (χ1) is 16.6. The normalized spacial score (nSPS) is 22.3. The number of hydrogen-bond acceptors (Lipinski definition) is 1. The third kappa shape index (κ3) is 6.09. The summed E-state index contributed by atoms with van der Waals surface area (Å²) in [4.78, 5) is 0. The summed E-state index contributed by atoms with van der Waals surface area (Å²) in [5, 5.41) is 0. The molecule has 0 radical (unpaired) electrons. The average Bonchev–Trinajstić information content (AvgIpc) is 2.85.